The standard InChI is InChI=1S/C42H79N3O.CH4O4S/c1-5-8-10-12-14-16-18-20-22-23-25-27-29-31-33-35-41(46)44-40(4)42(7-3,45-38-37-43-39-45)36-34-32-30-28-26-24-21-19-17-15-13-11-9-6-2;1-5-6(2,3)4/h20-22,24,39-40H,5-19,23,25-38H2,1-4H3,(H,44,46);1H3,(H,2,3,4)/b22-20-,24-21-;. The van der Waals surface area contributed by atoms with E-state index >= 15 is 0 Å². The summed E-state index contributed by atoms with van der Waals surface area (Å²) in [5.74, 6) is 0.239. The molecule has 2 atom stereocenters. The van der Waals surface area contributed by atoms with Gasteiger partial charge in [0.1, 0.15) is 18.6 Å². The van der Waals surface area contributed by atoms with Crippen molar-refractivity contribution in [1.29, 1.82) is 0 Å². The van der Waals surface area contributed by atoms with Crippen molar-refractivity contribution in [1.82, 2.24) is 10.6 Å². The van der Waals surface area contributed by atoms with Crippen LogP contribution in [0.1, 0.15) is 207 Å². The van der Waals surface area contributed by atoms with Gasteiger partial charge in [0.15, 0.2) is 0 Å². The minimum absolute atomic E-state index is 0.00123. The Hall–Kier alpha value is -1.71. The molecule has 9 heteroatoms. The fraction of sp³-hybridized carbons (Fsp3) is 0.860. The Morgan fingerprint density at radius 2 is 1.15 bits per heavy atom. The van der Waals surface area contributed by atoms with Crippen LogP contribution < -0.4 is 10.6 Å². The number of carbonyl (C=O) groups is 1. The van der Waals surface area contributed by atoms with E-state index in [2.05, 4.69) is 77.7 Å². The first-order valence-electron chi connectivity index (χ1n) is 21.6. The molecular weight excluding hydrogens is 671 g/mol. The van der Waals surface area contributed by atoms with Gasteiger partial charge in [-0.3, -0.25) is 18.9 Å². The Morgan fingerprint density at radius 1 is 0.750 bits per heavy atom. The van der Waals surface area contributed by atoms with E-state index in [0.717, 1.165) is 39.5 Å². The van der Waals surface area contributed by atoms with Crippen molar-refractivity contribution >= 4 is 22.6 Å². The summed E-state index contributed by atoms with van der Waals surface area (Å²) in [6, 6.07) is 0.147. The summed E-state index contributed by atoms with van der Waals surface area (Å²) >= 11 is 0. The van der Waals surface area contributed by atoms with Gasteiger partial charge in [0.05, 0.1) is 13.2 Å². The number of hydrogen-bond acceptors (Lipinski definition) is 6. The van der Waals surface area contributed by atoms with Crippen molar-refractivity contribution in [3.63, 3.8) is 0 Å². The Morgan fingerprint density at radius 3 is 1.54 bits per heavy atom. The molecule has 1 aliphatic heterocycles. The Balaban J connectivity index is 0.00000397. The molecule has 1 rings (SSSR count). The van der Waals surface area contributed by atoms with E-state index in [-0.39, 0.29) is 17.5 Å². The third kappa shape index (κ3) is 28.7. The van der Waals surface area contributed by atoms with Crippen molar-refractivity contribution in [3.8, 4) is 0 Å². The number of amides is 1. The lowest BCUT2D eigenvalue weighted by atomic mass is 9.81. The maximum Gasteiger partial charge on any atom is 0.232 e. The molecule has 0 saturated heterocycles. The molecule has 1 heterocycles. The molecule has 0 aliphatic carbocycles. The van der Waals surface area contributed by atoms with Crippen LogP contribution in [0.25, 0.3) is 0 Å². The molecule has 0 aromatic rings. The summed E-state index contributed by atoms with van der Waals surface area (Å²) in [5, 5.41) is 6.88. The van der Waals surface area contributed by atoms with Crippen LogP contribution in [0.2, 0.25) is 0 Å². The lowest BCUT2D eigenvalue weighted by Gasteiger charge is -2.38. The van der Waals surface area contributed by atoms with Crippen LogP contribution in [0.4, 0.5) is 0 Å². The highest BCUT2D eigenvalue weighted by Gasteiger charge is 2.42. The number of rotatable bonds is 34. The zero-order chi connectivity index (χ0) is 38.6. The lowest BCUT2D eigenvalue weighted by Crippen LogP contribution is -2.57. The minimum atomic E-state index is -4.41. The van der Waals surface area contributed by atoms with Gasteiger partial charge in [-0.25, -0.2) is 8.42 Å². The number of unbranched alkanes of at least 4 members (excludes halogenated alkanes) is 21. The fourth-order valence-corrected chi connectivity index (χ4v) is 7.20. The Kier molecular flexibility index (Phi) is 33.9. The fourth-order valence-electron chi connectivity index (χ4n) is 7.20. The quantitative estimate of drug-likeness (QED) is 0.0223. The third-order valence-corrected chi connectivity index (χ3v) is 11.0. The minimum Gasteiger partial charge on any atom is -0.726 e. The number of nitrogens with one attached hydrogen (secondary N) is 2. The van der Waals surface area contributed by atoms with Crippen LogP contribution in [0.3, 0.4) is 0 Å². The summed E-state index contributed by atoms with van der Waals surface area (Å²) < 4.78 is 33.5. The number of carbonyl (C=O) groups excluding carboxylic acids is 1. The normalized spacial score (nSPS) is 14.9. The number of hydrogen-bond donors (Lipinski definition) is 2. The smallest absolute Gasteiger partial charge is 0.232 e. The van der Waals surface area contributed by atoms with E-state index in [1.54, 1.807) is 0 Å². The summed E-state index contributed by atoms with van der Waals surface area (Å²) in [5.41, 5.74) is -0.00123. The SMILES string of the molecule is CCCCCCCC/C=C\CCCCCCCC(=O)NC(C)C(CC)(CCCCCC/C=C\CCCCCCCC)[N+]1=CNCC1.COS(=O)(=O)[O-]. The molecule has 1 amide bonds. The van der Waals surface area contributed by atoms with Crippen molar-refractivity contribution in [3.05, 3.63) is 24.3 Å². The predicted octanol–water partition coefficient (Wildman–Crippen LogP) is 11.1. The highest BCUT2D eigenvalue weighted by atomic mass is 32.3. The molecule has 0 radical (unpaired) electrons. The van der Waals surface area contributed by atoms with Crippen LogP contribution in [0.5, 0.6) is 0 Å². The zero-order valence-corrected chi connectivity index (χ0v) is 35.4. The molecular formula is C43H83N3O5S. The van der Waals surface area contributed by atoms with Crippen molar-refractivity contribution in [2.24, 2.45) is 0 Å². The molecule has 0 saturated carbocycles. The van der Waals surface area contributed by atoms with Gasteiger partial charge < -0.3 is 9.87 Å². The molecule has 0 fully saturated rings. The second-order valence-electron chi connectivity index (χ2n) is 14.9. The Labute approximate surface area is 322 Å². The van der Waals surface area contributed by atoms with Gasteiger partial charge in [0.2, 0.25) is 22.6 Å². The van der Waals surface area contributed by atoms with E-state index < -0.39 is 10.4 Å². The molecule has 52 heavy (non-hydrogen) atoms. The van der Waals surface area contributed by atoms with Gasteiger partial charge in [-0.2, -0.15) is 0 Å². The summed E-state index contributed by atoms with van der Waals surface area (Å²) in [6.45, 7) is 11.2. The van der Waals surface area contributed by atoms with Gasteiger partial charge in [-0.15, -0.1) is 0 Å². The van der Waals surface area contributed by atoms with Crippen molar-refractivity contribution < 1.29 is 26.5 Å². The maximum absolute atomic E-state index is 13.0. The van der Waals surface area contributed by atoms with Crippen LogP contribution in [-0.2, 0) is 19.4 Å². The van der Waals surface area contributed by atoms with Gasteiger partial charge in [-0.05, 0) is 84.0 Å². The molecule has 306 valence electrons. The van der Waals surface area contributed by atoms with E-state index in [0.29, 0.717) is 6.42 Å². The predicted molar refractivity (Wildman–Crippen MR) is 221 cm³/mol. The van der Waals surface area contributed by atoms with E-state index in [9.17, 15) is 17.8 Å². The highest BCUT2D eigenvalue weighted by Crippen LogP contribution is 2.29. The first-order valence-corrected chi connectivity index (χ1v) is 22.9. The summed E-state index contributed by atoms with van der Waals surface area (Å²) in [6.07, 6.45) is 47.3. The van der Waals surface area contributed by atoms with Crippen LogP contribution in [-0.4, -0.2) is 61.6 Å². The lowest BCUT2D eigenvalue weighted by molar-refractivity contribution is -0.603. The Bertz CT molecular complexity index is 1030. The van der Waals surface area contributed by atoms with Gasteiger partial charge in [-0.1, -0.05) is 141 Å². The average Bonchev–Trinajstić information content (AvgIpc) is 3.67. The summed E-state index contributed by atoms with van der Waals surface area (Å²) in [4.78, 5) is 13.0. The monoisotopic (exact) mass is 754 g/mol. The van der Waals surface area contributed by atoms with E-state index in [1.807, 2.05) is 0 Å². The topological polar surface area (TPSA) is 111 Å². The molecule has 0 aromatic carbocycles. The van der Waals surface area contributed by atoms with Crippen LogP contribution in [0.15, 0.2) is 24.3 Å². The largest absolute Gasteiger partial charge is 0.726 e. The molecule has 8 nitrogen and oxygen atoms in total. The zero-order valence-electron chi connectivity index (χ0n) is 34.6. The molecule has 2 unspecified atom stereocenters. The van der Waals surface area contributed by atoms with Crippen LogP contribution >= 0.6 is 0 Å². The van der Waals surface area contributed by atoms with E-state index in [4.69, 9.17) is 0 Å². The van der Waals surface area contributed by atoms with Crippen molar-refractivity contribution in [2.75, 3.05) is 20.2 Å². The number of allylic oxidation sites excluding steroid dienone is 4. The second-order valence-corrected chi connectivity index (χ2v) is 16.1. The average molecular weight is 754 g/mol. The maximum atomic E-state index is 13.0. The highest BCUT2D eigenvalue weighted by molar-refractivity contribution is 7.80. The molecule has 2 N–H and O–H groups in total. The number of nitrogens with zero attached hydrogens (tertiary/aromatic N) is 1. The van der Waals surface area contributed by atoms with Gasteiger partial charge >= 0.3 is 0 Å². The van der Waals surface area contributed by atoms with Gasteiger partial charge in [0.25, 0.3) is 0 Å². The van der Waals surface area contributed by atoms with E-state index in [1.165, 1.54) is 154 Å². The van der Waals surface area contributed by atoms with Crippen molar-refractivity contribution in [2.45, 2.75) is 219 Å². The first-order chi connectivity index (χ1) is 25.2. The third-order valence-electron chi connectivity index (χ3n) is 10.6. The first kappa shape index (κ1) is 50.3. The molecule has 0 bridgehead atoms. The second kappa shape index (κ2) is 35.0. The molecule has 0 spiro atoms. The van der Waals surface area contributed by atoms with Gasteiger partial charge in [0, 0.05) is 6.42 Å². The molecule has 1 aliphatic rings. The summed E-state index contributed by atoms with van der Waals surface area (Å²) in [7, 11) is -3.60. The van der Waals surface area contributed by atoms with Crippen LogP contribution in [0, 0.1) is 0 Å². The molecule has 0 aromatic heterocycles.